The Bertz CT molecular complexity index is 295. The van der Waals surface area contributed by atoms with Crippen molar-refractivity contribution in [3.05, 3.63) is 18.0 Å². The smallest absolute Gasteiger partial charge is 0.316 e. The summed E-state index contributed by atoms with van der Waals surface area (Å²) < 4.78 is 9.79. The van der Waals surface area contributed by atoms with Crippen molar-refractivity contribution in [2.75, 3.05) is 7.11 Å². The molecular weight excluding hydrogens is 206 g/mol. The van der Waals surface area contributed by atoms with E-state index in [1.165, 1.54) is 20.0 Å². The second-order valence-electron chi connectivity index (χ2n) is 3.84. The maximum Gasteiger partial charge on any atom is 0.316 e. The molecule has 1 rings (SSSR count). The lowest BCUT2D eigenvalue weighted by Crippen LogP contribution is -2.13. The van der Waals surface area contributed by atoms with Crippen LogP contribution in [-0.2, 0) is 9.53 Å². The third-order valence-corrected chi connectivity index (χ3v) is 2.63. The zero-order valence-electron chi connectivity index (χ0n) is 9.94. The van der Waals surface area contributed by atoms with Crippen molar-refractivity contribution in [1.29, 1.82) is 0 Å². The average molecular weight is 225 g/mol. The van der Waals surface area contributed by atoms with E-state index >= 15 is 0 Å². The molecule has 1 heterocycles. The topological polar surface area (TPSA) is 52.3 Å². The number of methoxy groups -OCH3 is 1. The Balaban J connectivity index is 2.49. The van der Waals surface area contributed by atoms with Gasteiger partial charge in [-0.05, 0) is 6.42 Å². The van der Waals surface area contributed by atoms with Crippen LogP contribution < -0.4 is 0 Å². The number of hydrogen-bond donors (Lipinski definition) is 0. The van der Waals surface area contributed by atoms with Crippen molar-refractivity contribution in [1.82, 2.24) is 5.16 Å². The van der Waals surface area contributed by atoms with E-state index < -0.39 is 0 Å². The van der Waals surface area contributed by atoms with Gasteiger partial charge in [0, 0.05) is 6.07 Å². The van der Waals surface area contributed by atoms with Gasteiger partial charge in [-0.15, -0.1) is 0 Å². The Morgan fingerprint density at radius 1 is 1.50 bits per heavy atom. The zero-order chi connectivity index (χ0) is 11.8. The monoisotopic (exact) mass is 225 g/mol. The van der Waals surface area contributed by atoms with Crippen LogP contribution in [-0.4, -0.2) is 18.2 Å². The lowest BCUT2D eigenvalue weighted by molar-refractivity contribution is -0.143. The largest absolute Gasteiger partial charge is 0.468 e. The van der Waals surface area contributed by atoms with E-state index in [0.29, 0.717) is 5.76 Å². The molecule has 4 heteroatoms. The van der Waals surface area contributed by atoms with Crippen LogP contribution in [0.5, 0.6) is 0 Å². The Kier molecular flexibility index (Phi) is 5.61. The molecule has 1 atom stereocenters. The van der Waals surface area contributed by atoms with Crippen molar-refractivity contribution >= 4 is 5.97 Å². The SMILES string of the molecule is CCCCCC[C@H](C(=O)OC)c1ccno1. The second kappa shape index (κ2) is 7.04. The minimum atomic E-state index is -0.302. The molecule has 0 radical (unpaired) electrons. The Hall–Kier alpha value is -1.32. The minimum absolute atomic E-state index is 0.242. The predicted octanol–water partition coefficient (Wildman–Crippen LogP) is 2.90. The molecule has 0 saturated heterocycles. The maximum atomic E-state index is 11.6. The van der Waals surface area contributed by atoms with E-state index in [0.717, 1.165) is 19.3 Å². The van der Waals surface area contributed by atoms with Crippen LogP contribution in [0.2, 0.25) is 0 Å². The van der Waals surface area contributed by atoms with Crippen LogP contribution >= 0.6 is 0 Å². The first-order valence-electron chi connectivity index (χ1n) is 5.78. The predicted molar refractivity (Wildman–Crippen MR) is 60.0 cm³/mol. The van der Waals surface area contributed by atoms with Gasteiger partial charge in [-0.3, -0.25) is 4.79 Å². The molecule has 0 N–H and O–H groups in total. The minimum Gasteiger partial charge on any atom is -0.468 e. The summed E-state index contributed by atoms with van der Waals surface area (Å²) in [6.45, 7) is 2.16. The summed E-state index contributed by atoms with van der Waals surface area (Å²) in [5.41, 5.74) is 0. The van der Waals surface area contributed by atoms with Crippen molar-refractivity contribution in [3.63, 3.8) is 0 Å². The average Bonchev–Trinajstić information content (AvgIpc) is 2.82. The van der Waals surface area contributed by atoms with Gasteiger partial charge in [-0.25, -0.2) is 0 Å². The molecule has 16 heavy (non-hydrogen) atoms. The van der Waals surface area contributed by atoms with E-state index in [1.54, 1.807) is 12.3 Å². The first-order chi connectivity index (χ1) is 7.79. The Labute approximate surface area is 96.0 Å². The molecule has 1 aromatic rings. The van der Waals surface area contributed by atoms with Crippen LogP contribution in [0.25, 0.3) is 0 Å². The molecule has 90 valence electrons. The van der Waals surface area contributed by atoms with E-state index in [1.807, 2.05) is 0 Å². The summed E-state index contributed by atoms with van der Waals surface area (Å²) >= 11 is 0. The number of carbonyl (C=O) groups excluding carboxylic acids is 1. The van der Waals surface area contributed by atoms with Crippen molar-refractivity contribution in [3.8, 4) is 0 Å². The fraction of sp³-hybridized carbons (Fsp3) is 0.667. The molecule has 0 aliphatic rings. The lowest BCUT2D eigenvalue weighted by atomic mass is 9.98. The number of hydrogen-bond acceptors (Lipinski definition) is 4. The highest BCUT2D eigenvalue weighted by Crippen LogP contribution is 2.23. The molecule has 0 aliphatic heterocycles. The lowest BCUT2D eigenvalue weighted by Gasteiger charge is -2.10. The number of aromatic nitrogens is 1. The Morgan fingerprint density at radius 2 is 2.31 bits per heavy atom. The van der Waals surface area contributed by atoms with Gasteiger partial charge in [-0.1, -0.05) is 37.8 Å². The number of nitrogens with zero attached hydrogens (tertiary/aromatic N) is 1. The highest BCUT2D eigenvalue weighted by Gasteiger charge is 2.24. The van der Waals surface area contributed by atoms with Gasteiger partial charge in [0.25, 0.3) is 0 Å². The molecule has 0 saturated carbocycles. The molecule has 0 unspecified atom stereocenters. The van der Waals surface area contributed by atoms with Crippen molar-refractivity contribution in [2.24, 2.45) is 0 Å². The van der Waals surface area contributed by atoms with Gasteiger partial charge < -0.3 is 9.26 Å². The molecule has 0 fully saturated rings. The summed E-state index contributed by atoms with van der Waals surface area (Å²) in [6.07, 6.45) is 6.85. The first kappa shape index (κ1) is 12.7. The molecule has 0 spiro atoms. The van der Waals surface area contributed by atoms with Gasteiger partial charge in [0.05, 0.1) is 13.3 Å². The normalized spacial score (nSPS) is 12.4. The van der Waals surface area contributed by atoms with Crippen LogP contribution in [0.3, 0.4) is 0 Å². The highest BCUT2D eigenvalue weighted by molar-refractivity contribution is 5.77. The van der Waals surface area contributed by atoms with Crippen LogP contribution in [0, 0.1) is 0 Å². The van der Waals surface area contributed by atoms with Crippen molar-refractivity contribution < 1.29 is 14.1 Å². The number of ether oxygens (including phenoxy) is 1. The van der Waals surface area contributed by atoms with Gasteiger partial charge >= 0.3 is 5.97 Å². The molecule has 0 bridgehead atoms. The van der Waals surface area contributed by atoms with Gasteiger partial charge in [0.2, 0.25) is 0 Å². The summed E-state index contributed by atoms with van der Waals surface area (Å²) in [5.74, 6) is 0.0564. The molecular formula is C12H19NO3. The Morgan fingerprint density at radius 3 is 2.88 bits per heavy atom. The fourth-order valence-corrected chi connectivity index (χ4v) is 1.70. The summed E-state index contributed by atoms with van der Waals surface area (Å²) in [7, 11) is 1.40. The van der Waals surface area contributed by atoms with Gasteiger partial charge in [0.15, 0.2) is 5.76 Å². The third-order valence-electron chi connectivity index (χ3n) is 2.63. The molecule has 1 aromatic heterocycles. The fourth-order valence-electron chi connectivity index (χ4n) is 1.70. The van der Waals surface area contributed by atoms with Crippen LogP contribution in [0.15, 0.2) is 16.8 Å². The van der Waals surface area contributed by atoms with E-state index in [2.05, 4.69) is 12.1 Å². The van der Waals surface area contributed by atoms with Crippen LogP contribution in [0.4, 0.5) is 0 Å². The second-order valence-corrected chi connectivity index (χ2v) is 3.84. The third kappa shape index (κ3) is 3.68. The molecule has 4 nitrogen and oxygen atoms in total. The summed E-state index contributed by atoms with van der Waals surface area (Å²) in [4.78, 5) is 11.6. The van der Waals surface area contributed by atoms with Gasteiger partial charge in [-0.2, -0.15) is 0 Å². The number of unbranched alkanes of at least 4 members (excludes halogenated alkanes) is 3. The first-order valence-corrected chi connectivity index (χ1v) is 5.78. The quantitative estimate of drug-likeness (QED) is 0.529. The zero-order valence-corrected chi connectivity index (χ0v) is 9.94. The summed E-state index contributed by atoms with van der Waals surface area (Å²) in [6, 6.07) is 1.72. The molecule has 0 amide bonds. The number of carbonyl (C=O) groups is 1. The number of rotatable bonds is 7. The highest BCUT2D eigenvalue weighted by atomic mass is 16.5. The van der Waals surface area contributed by atoms with E-state index in [-0.39, 0.29) is 11.9 Å². The van der Waals surface area contributed by atoms with Gasteiger partial charge in [0.1, 0.15) is 5.92 Å². The maximum absolute atomic E-state index is 11.6. The number of esters is 1. The summed E-state index contributed by atoms with van der Waals surface area (Å²) in [5, 5.41) is 3.62. The van der Waals surface area contributed by atoms with Crippen LogP contribution in [0.1, 0.15) is 50.7 Å². The van der Waals surface area contributed by atoms with Crippen molar-refractivity contribution in [2.45, 2.75) is 44.9 Å². The molecule has 0 aromatic carbocycles. The van der Waals surface area contributed by atoms with E-state index in [4.69, 9.17) is 9.26 Å². The molecule has 0 aliphatic carbocycles. The standard InChI is InChI=1S/C12H19NO3/c1-3-4-5-6-7-10(12(14)15-2)11-8-9-13-16-11/h8-10H,3-7H2,1-2H3/t10-/m0/s1. The van der Waals surface area contributed by atoms with E-state index in [9.17, 15) is 4.79 Å².